The first-order chi connectivity index (χ1) is 9.54. The van der Waals surface area contributed by atoms with Crippen LogP contribution in [0.15, 0.2) is 34.9 Å². The molecule has 108 valence electrons. The van der Waals surface area contributed by atoms with Crippen molar-refractivity contribution in [1.82, 2.24) is 10.1 Å². The molecule has 0 amide bonds. The maximum Gasteiger partial charge on any atom is 0.251 e. The van der Waals surface area contributed by atoms with Gasteiger partial charge in [-0.25, -0.2) is 0 Å². The molecule has 0 aliphatic rings. The molecule has 2 unspecified atom stereocenters. The summed E-state index contributed by atoms with van der Waals surface area (Å²) >= 11 is 1.82. The van der Waals surface area contributed by atoms with Crippen molar-refractivity contribution in [2.75, 3.05) is 0 Å². The van der Waals surface area contributed by atoms with Gasteiger partial charge in [-0.15, -0.1) is 0 Å². The summed E-state index contributed by atoms with van der Waals surface area (Å²) in [7, 11) is 0. The SMILES string of the molecule is CCC(C)SCc1noc(C(C)(N)c2ccccc2)n1. The topological polar surface area (TPSA) is 64.9 Å². The van der Waals surface area contributed by atoms with Gasteiger partial charge in [-0.1, -0.05) is 49.3 Å². The Labute approximate surface area is 124 Å². The highest BCUT2D eigenvalue weighted by Crippen LogP contribution is 2.26. The molecule has 2 atom stereocenters. The van der Waals surface area contributed by atoms with Crippen LogP contribution in [0.1, 0.15) is 44.5 Å². The van der Waals surface area contributed by atoms with Gasteiger partial charge in [-0.3, -0.25) is 0 Å². The summed E-state index contributed by atoms with van der Waals surface area (Å²) in [5.41, 5.74) is 6.56. The van der Waals surface area contributed by atoms with Crippen molar-refractivity contribution >= 4 is 11.8 Å². The summed E-state index contributed by atoms with van der Waals surface area (Å²) in [4.78, 5) is 4.44. The van der Waals surface area contributed by atoms with Crippen LogP contribution in [-0.2, 0) is 11.3 Å². The first kappa shape index (κ1) is 15.1. The van der Waals surface area contributed by atoms with Crippen molar-refractivity contribution in [3.05, 3.63) is 47.6 Å². The first-order valence-electron chi connectivity index (χ1n) is 6.83. The third kappa shape index (κ3) is 3.41. The van der Waals surface area contributed by atoms with Gasteiger partial charge >= 0.3 is 0 Å². The molecule has 0 radical (unpaired) electrons. The Balaban J connectivity index is 2.12. The number of aromatic nitrogens is 2. The minimum absolute atomic E-state index is 0.462. The Bertz CT molecular complexity index is 539. The molecule has 2 aromatic rings. The molecule has 0 aliphatic heterocycles. The summed E-state index contributed by atoms with van der Waals surface area (Å²) < 4.78 is 5.35. The Morgan fingerprint density at radius 1 is 1.35 bits per heavy atom. The Kier molecular flexibility index (Phi) is 4.83. The summed E-state index contributed by atoms with van der Waals surface area (Å²) in [6, 6.07) is 9.81. The third-order valence-electron chi connectivity index (χ3n) is 3.36. The van der Waals surface area contributed by atoms with E-state index in [1.807, 2.05) is 49.0 Å². The number of benzene rings is 1. The van der Waals surface area contributed by atoms with E-state index in [0.29, 0.717) is 17.0 Å². The van der Waals surface area contributed by atoms with Crippen LogP contribution in [0.25, 0.3) is 0 Å². The van der Waals surface area contributed by atoms with Gasteiger partial charge < -0.3 is 10.3 Å². The van der Waals surface area contributed by atoms with Crippen molar-refractivity contribution < 1.29 is 4.52 Å². The van der Waals surface area contributed by atoms with E-state index >= 15 is 0 Å². The van der Waals surface area contributed by atoms with Crippen LogP contribution >= 0.6 is 11.8 Å². The fraction of sp³-hybridized carbons (Fsp3) is 0.467. The molecule has 0 fully saturated rings. The Morgan fingerprint density at radius 3 is 2.70 bits per heavy atom. The average Bonchev–Trinajstić information content (AvgIpc) is 2.95. The molecule has 20 heavy (non-hydrogen) atoms. The van der Waals surface area contributed by atoms with E-state index in [9.17, 15) is 0 Å². The van der Waals surface area contributed by atoms with Gasteiger partial charge in [0.05, 0.1) is 5.75 Å². The number of nitrogens with two attached hydrogens (primary N) is 1. The molecule has 1 aromatic carbocycles. The molecule has 5 heteroatoms. The van der Waals surface area contributed by atoms with E-state index in [-0.39, 0.29) is 0 Å². The summed E-state index contributed by atoms with van der Waals surface area (Å²) in [6.45, 7) is 6.26. The molecule has 4 nitrogen and oxygen atoms in total. The summed E-state index contributed by atoms with van der Waals surface area (Å²) in [6.07, 6.45) is 1.13. The van der Waals surface area contributed by atoms with Crippen molar-refractivity contribution in [1.29, 1.82) is 0 Å². The lowest BCUT2D eigenvalue weighted by Crippen LogP contribution is -2.34. The third-order valence-corrected chi connectivity index (χ3v) is 4.68. The van der Waals surface area contributed by atoms with Crippen LogP contribution < -0.4 is 5.73 Å². The number of rotatable bonds is 6. The maximum atomic E-state index is 6.35. The van der Waals surface area contributed by atoms with Gasteiger partial charge in [-0.05, 0) is 18.9 Å². The zero-order valence-electron chi connectivity index (χ0n) is 12.2. The quantitative estimate of drug-likeness (QED) is 0.884. The number of thioether (sulfide) groups is 1. The maximum absolute atomic E-state index is 6.35. The zero-order chi connectivity index (χ0) is 14.6. The average molecular weight is 291 g/mol. The van der Waals surface area contributed by atoms with E-state index in [0.717, 1.165) is 17.7 Å². The molecule has 0 saturated carbocycles. The van der Waals surface area contributed by atoms with Gasteiger partial charge in [0.1, 0.15) is 5.54 Å². The highest BCUT2D eigenvalue weighted by atomic mass is 32.2. The van der Waals surface area contributed by atoms with Crippen molar-refractivity contribution in [3.8, 4) is 0 Å². The monoisotopic (exact) mass is 291 g/mol. The van der Waals surface area contributed by atoms with Crippen LogP contribution in [-0.4, -0.2) is 15.4 Å². The van der Waals surface area contributed by atoms with Gasteiger partial charge in [0.25, 0.3) is 5.89 Å². The van der Waals surface area contributed by atoms with Gasteiger partial charge in [0.2, 0.25) is 0 Å². The van der Waals surface area contributed by atoms with Gasteiger partial charge in [-0.2, -0.15) is 16.7 Å². The lowest BCUT2D eigenvalue weighted by Gasteiger charge is -2.20. The standard InChI is InChI=1S/C15H21N3OS/c1-4-11(2)20-10-13-17-14(19-18-13)15(3,16)12-8-6-5-7-9-12/h5-9,11H,4,10,16H2,1-3H3. The highest BCUT2D eigenvalue weighted by Gasteiger charge is 2.30. The van der Waals surface area contributed by atoms with E-state index in [4.69, 9.17) is 10.3 Å². The molecule has 2 N–H and O–H groups in total. The Morgan fingerprint density at radius 2 is 2.05 bits per heavy atom. The molecule has 1 aromatic heterocycles. The van der Waals surface area contributed by atoms with E-state index in [2.05, 4.69) is 24.0 Å². The van der Waals surface area contributed by atoms with E-state index in [1.165, 1.54) is 0 Å². The van der Waals surface area contributed by atoms with Crippen LogP contribution in [0.4, 0.5) is 0 Å². The van der Waals surface area contributed by atoms with E-state index in [1.54, 1.807) is 0 Å². The zero-order valence-corrected chi connectivity index (χ0v) is 13.0. The van der Waals surface area contributed by atoms with Crippen molar-refractivity contribution in [3.63, 3.8) is 0 Å². The predicted molar refractivity (Wildman–Crippen MR) is 82.4 cm³/mol. The molecule has 0 aliphatic carbocycles. The number of hydrogen-bond donors (Lipinski definition) is 1. The summed E-state index contributed by atoms with van der Waals surface area (Å²) in [5.74, 6) is 1.92. The fourth-order valence-corrected chi connectivity index (χ4v) is 2.55. The van der Waals surface area contributed by atoms with E-state index < -0.39 is 5.54 Å². The van der Waals surface area contributed by atoms with Crippen LogP contribution in [0.3, 0.4) is 0 Å². The molecule has 2 rings (SSSR count). The molecular formula is C15H21N3OS. The minimum atomic E-state index is -0.756. The van der Waals surface area contributed by atoms with Gasteiger partial charge in [0, 0.05) is 5.25 Å². The van der Waals surface area contributed by atoms with Crippen molar-refractivity contribution in [2.24, 2.45) is 5.73 Å². The van der Waals surface area contributed by atoms with Crippen LogP contribution in [0.5, 0.6) is 0 Å². The summed E-state index contributed by atoms with van der Waals surface area (Å²) in [5, 5.41) is 4.62. The smallest absolute Gasteiger partial charge is 0.251 e. The lowest BCUT2D eigenvalue weighted by molar-refractivity contribution is 0.323. The molecule has 0 saturated heterocycles. The Hall–Kier alpha value is -1.33. The second kappa shape index (κ2) is 6.41. The molecule has 0 spiro atoms. The highest BCUT2D eigenvalue weighted by molar-refractivity contribution is 7.99. The molecule has 1 heterocycles. The second-order valence-corrected chi connectivity index (χ2v) is 6.54. The van der Waals surface area contributed by atoms with Crippen molar-refractivity contribution in [2.45, 2.75) is 43.7 Å². The van der Waals surface area contributed by atoms with Gasteiger partial charge in [0.15, 0.2) is 5.82 Å². The first-order valence-corrected chi connectivity index (χ1v) is 7.88. The number of hydrogen-bond acceptors (Lipinski definition) is 5. The normalized spacial score (nSPS) is 15.8. The molecule has 0 bridgehead atoms. The fourth-order valence-electron chi connectivity index (χ4n) is 1.77. The number of nitrogens with zero attached hydrogens (tertiary/aromatic N) is 2. The van der Waals surface area contributed by atoms with Crippen LogP contribution in [0, 0.1) is 0 Å². The predicted octanol–water partition coefficient (Wildman–Crippen LogP) is 3.32. The molecular weight excluding hydrogens is 270 g/mol. The largest absolute Gasteiger partial charge is 0.337 e. The lowest BCUT2D eigenvalue weighted by atomic mass is 9.93. The second-order valence-electron chi connectivity index (χ2n) is 5.11. The minimum Gasteiger partial charge on any atom is -0.337 e. The van der Waals surface area contributed by atoms with Crippen LogP contribution in [0.2, 0.25) is 0 Å².